The van der Waals surface area contributed by atoms with Gasteiger partial charge in [0.15, 0.2) is 10.6 Å². The summed E-state index contributed by atoms with van der Waals surface area (Å²) in [6.07, 6.45) is 0.234. The molecule has 0 bridgehead atoms. The smallest absolute Gasteiger partial charge is 0.251 e. The van der Waals surface area contributed by atoms with Gasteiger partial charge in [-0.2, -0.15) is 5.10 Å². The van der Waals surface area contributed by atoms with Gasteiger partial charge < -0.3 is 10.6 Å². The number of hydrogen-bond donors (Lipinski definition) is 3. The average Bonchev–Trinajstić information content (AvgIpc) is 3.30. The van der Waals surface area contributed by atoms with Crippen molar-refractivity contribution >= 4 is 41.1 Å². The predicted molar refractivity (Wildman–Crippen MR) is 108 cm³/mol. The fraction of sp³-hybridized carbons (Fsp3) is 0.222. The summed E-state index contributed by atoms with van der Waals surface area (Å²) >= 11 is 6.83. The zero-order chi connectivity index (χ0) is 19.2. The van der Waals surface area contributed by atoms with Crippen molar-refractivity contribution in [3.8, 4) is 10.7 Å². The highest BCUT2D eigenvalue weighted by molar-refractivity contribution is 7.71. The molecule has 7 nitrogen and oxygen atoms in total. The zero-order valence-corrected chi connectivity index (χ0v) is 16.3. The van der Waals surface area contributed by atoms with Gasteiger partial charge >= 0.3 is 0 Å². The van der Waals surface area contributed by atoms with Gasteiger partial charge in [0, 0.05) is 30.8 Å². The van der Waals surface area contributed by atoms with Crippen LogP contribution in [0, 0.1) is 4.77 Å². The first-order valence-electron chi connectivity index (χ1n) is 8.45. The number of aromatic amines is 1. The molecule has 0 fully saturated rings. The second-order valence-corrected chi connectivity index (χ2v) is 7.05. The van der Waals surface area contributed by atoms with Crippen LogP contribution >= 0.6 is 23.6 Å². The van der Waals surface area contributed by atoms with Crippen molar-refractivity contribution in [3.05, 3.63) is 52.1 Å². The number of nitrogens with one attached hydrogen (secondary N) is 3. The molecule has 0 saturated carbocycles. The summed E-state index contributed by atoms with van der Waals surface area (Å²) in [7, 11) is 0. The highest BCUT2D eigenvalue weighted by Crippen LogP contribution is 2.23. The molecule has 27 heavy (non-hydrogen) atoms. The summed E-state index contributed by atoms with van der Waals surface area (Å²) in [5, 5.41) is 14.5. The minimum atomic E-state index is -0.168. The Morgan fingerprint density at radius 1 is 1.30 bits per heavy atom. The van der Waals surface area contributed by atoms with Gasteiger partial charge in [-0.1, -0.05) is 12.1 Å². The van der Waals surface area contributed by atoms with Crippen LogP contribution in [0.15, 0.2) is 41.8 Å². The standard InChI is InChI=1S/C18H19N5O2S2/c1-2-19-17(25)12-5-3-6-13(11-12)20-15(24)8-9-23-16(21-22-18(23)26)14-7-4-10-27-14/h3-7,10-11H,2,8-9H2,1H3,(H,19,25)(H,20,24)(H,22,26). The quantitative estimate of drug-likeness (QED) is 0.529. The molecule has 0 atom stereocenters. The monoisotopic (exact) mass is 401 g/mol. The number of benzene rings is 1. The second-order valence-electron chi connectivity index (χ2n) is 5.72. The van der Waals surface area contributed by atoms with Gasteiger partial charge in [-0.05, 0) is 48.8 Å². The zero-order valence-electron chi connectivity index (χ0n) is 14.7. The minimum absolute atomic E-state index is 0.164. The van der Waals surface area contributed by atoms with E-state index in [1.165, 1.54) is 0 Å². The van der Waals surface area contributed by atoms with Crippen molar-refractivity contribution in [3.63, 3.8) is 0 Å². The summed E-state index contributed by atoms with van der Waals surface area (Å²) in [5.74, 6) is 0.392. The van der Waals surface area contributed by atoms with E-state index in [4.69, 9.17) is 12.2 Å². The van der Waals surface area contributed by atoms with Crippen LogP contribution in [0.1, 0.15) is 23.7 Å². The van der Waals surface area contributed by atoms with E-state index in [-0.39, 0.29) is 18.2 Å². The Morgan fingerprint density at radius 3 is 2.89 bits per heavy atom. The third-order valence-corrected chi connectivity index (χ3v) is 4.99. The van der Waals surface area contributed by atoms with E-state index in [9.17, 15) is 9.59 Å². The Hall–Kier alpha value is -2.78. The summed E-state index contributed by atoms with van der Waals surface area (Å²) in [6.45, 7) is 2.81. The molecule has 3 N–H and O–H groups in total. The summed E-state index contributed by atoms with van der Waals surface area (Å²) < 4.78 is 2.29. The van der Waals surface area contributed by atoms with Crippen LogP contribution in [0.3, 0.4) is 0 Å². The molecule has 0 aliphatic carbocycles. The molecule has 2 amide bonds. The van der Waals surface area contributed by atoms with E-state index < -0.39 is 0 Å². The van der Waals surface area contributed by atoms with Gasteiger partial charge in [0.2, 0.25) is 5.91 Å². The van der Waals surface area contributed by atoms with Gasteiger partial charge in [0.05, 0.1) is 4.88 Å². The molecule has 0 aliphatic heterocycles. The van der Waals surface area contributed by atoms with Crippen molar-refractivity contribution in [1.82, 2.24) is 20.1 Å². The second kappa shape index (κ2) is 8.74. The molecule has 1 aromatic carbocycles. The molecular formula is C18H19N5O2S2. The van der Waals surface area contributed by atoms with E-state index >= 15 is 0 Å². The van der Waals surface area contributed by atoms with E-state index in [2.05, 4.69) is 20.8 Å². The molecule has 0 aliphatic rings. The van der Waals surface area contributed by atoms with Gasteiger partial charge in [-0.25, -0.2) is 0 Å². The predicted octanol–water partition coefficient (Wildman–Crippen LogP) is 3.45. The topological polar surface area (TPSA) is 91.8 Å². The van der Waals surface area contributed by atoms with Crippen LogP contribution in [0.25, 0.3) is 10.7 Å². The van der Waals surface area contributed by atoms with E-state index in [1.54, 1.807) is 35.6 Å². The minimum Gasteiger partial charge on any atom is -0.352 e. The molecule has 3 rings (SSSR count). The van der Waals surface area contributed by atoms with Gasteiger partial charge in [0.1, 0.15) is 0 Å². The van der Waals surface area contributed by atoms with Crippen molar-refractivity contribution in [2.24, 2.45) is 0 Å². The van der Waals surface area contributed by atoms with Crippen LogP contribution < -0.4 is 10.6 Å². The van der Waals surface area contributed by atoms with Crippen LogP contribution in [-0.4, -0.2) is 33.1 Å². The number of hydrogen-bond acceptors (Lipinski definition) is 5. The molecule has 0 radical (unpaired) electrons. The molecule has 140 valence electrons. The fourth-order valence-corrected chi connectivity index (χ4v) is 3.50. The number of thiophene rings is 1. The van der Waals surface area contributed by atoms with Gasteiger partial charge in [0.25, 0.3) is 5.91 Å². The van der Waals surface area contributed by atoms with Crippen LogP contribution in [0.4, 0.5) is 5.69 Å². The molecule has 0 spiro atoms. The highest BCUT2D eigenvalue weighted by Gasteiger charge is 2.12. The summed E-state index contributed by atoms with van der Waals surface area (Å²) in [6, 6.07) is 10.8. The Labute approximate surface area is 165 Å². The summed E-state index contributed by atoms with van der Waals surface area (Å²) in [4.78, 5) is 25.2. The molecule has 2 aromatic heterocycles. The van der Waals surface area contributed by atoms with Crippen molar-refractivity contribution in [1.29, 1.82) is 0 Å². The Kier molecular flexibility index (Phi) is 6.15. The van der Waals surface area contributed by atoms with Crippen LogP contribution in [0.2, 0.25) is 0 Å². The van der Waals surface area contributed by atoms with E-state index in [0.29, 0.717) is 29.1 Å². The SMILES string of the molecule is CCNC(=O)c1cccc(NC(=O)CCn2c(-c3cccs3)n[nH]c2=S)c1. The molecule has 0 unspecified atom stereocenters. The van der Waals surface area contributed by atoms with Crippen molar-refractivity contribution < 1.29 is 9.59 Å². The number of rotatable bonds is 7. The molecular weight excluding hydrogens is 382 g/mol. The third kappa shape index (κ3) is 4.69. The number of carbonyl (C=O) groups excluding carboxylic acids is 2. The number of anilines is 1. The lowest BCUT2D eigenvalue weighted by atomic mass is 10.2. The molecule has 0 saturated heterocycles. The normalized spacial score (nSPS) is 10.6. The number of carbonyl (C=O) groups is 2. The van der Waals surface area contributed by atoms with Gasteiger partial charge in [-0.15, -0.1) is 11.3 Å². The number of H-pyrrole nitrogens is 1. The van der Waals surface area contributed by atoms with Crippen LogP contribution in [-0.2, 0) is 11.3 Å². The molecule has 9 heteroatoms. The van der Waals surface area contributed by atoms with E-state index in [1.807, 2.05) is 29.0 Å². The third-order valence-electron chi connectivity index (χ3n) is 3.81. The first-order chi connectivity index (χ1) is 13.1. The first kappa shape index (κ1) is 19.0. The number of nitrogens with zero attached hydrogens (tertiary/aromatic N) is 2. The van der Waals surface area contributed by atoms with Crippen LogP contribution in [0.5, 0.6) is 0 Å². The first-order valence-corrected chi connectivity index (χ1v) is 9.74. The van der Waals surface area contributed by atoms with Crippen molar-refractivity contribution in [2.75, 3.05) is 11.9 Å². The Balaban J connectivity index is 1.65. The molecule has 3 aromatic rings. The fourth-order valence-electron chi connectivity index (χ4n) is 2.56. The lowest BCUT2D eigenvalue weighted by molar-refractivity contribution is -0.116. The lowest BCUT2D eigenvalue weighted by Gasteiger charge is -2.09. The van der Waals surface area contributed by atoms with E-state index in [0.717, 1.165) is 10.7 Å². The summed E-state index contributed by atoms with van der Waals surface area (Å²) in [5.41, 5.74) is 1.09. The van der Waals surface area contributed by atoms with Crippen molar-refractivity contribution in [2.45, 2.75) is 19.9 Å². The number of amides is 2. The maximum absolute atomic E-state index is 12.3. The average molecular weight is 402 g/mol. The van der Waals surface area contributed by atoms with Gasteiger partial charge in [-0.3, -0.25) is 19.3 Å². The Morgan fingerprint density at radius 2 is 2.15 bits per heavy atom. The molecule has 2 heterocycles. The maximum Gasteiger partial charge on any atom is 0.251 e. The lowest BCUT2D eigenvalue weighted by Crippen LogP contribution is -2.23. The highest BCUT2D eigenvalue weighted by atomic mass is 32.1. The number of aromatic nitrogens is 3. The largest absolute Gasteiger partial charge is 0.352 e. The maximum atomic E-state index is 12.3. The Bertz CT molecular complexity index is 991.